The highest BCUT2D eigenvalue weighted by atomic mass is 79.9. The van der Waals surface area contributed by atoms with Gasteiger partial charge in [-0.3, -0.25) is 4.79 Å². The maximum Gasteiger partial charge on any atom is 0.326 e. The summed E-state index contributed by atoms with van der Waals surface area (Å²) in [6.45, 7) is 0. The molecule has 21 heavy (non-hydrogen) atoms. The van der Waals surface area contributed by atoms with Gasteiger partial charge in [0.05, 0.1) is 0 Å². The van der Waals surface area contributed by atoms with Crippen LogP contribution >= 0.6 is 15.9 Å². The fourth-order valence-electron chi connectivity index (χ4n) is 1.89. The molecule has 2 aromatic carbocycles. The first-order valence-corrected chi connectivity index (χ1v) is 7.19. The van der Waals surface area contributed by atoms with E-state index in [1.807, 2.05) is 24.3 Å². The van der Waals surface area contributed by atoms with Gasteiger partial charge < -0.3 is 10.4 Å². The molecule has 0 aliphatic heterocycles. The lowest BCUT2D eigenvalue weighted by Gasteiger charge is -2.14. The van der Waals surface area contributed by atoms with Gasteiger partial charge in [-0.1, -0.05) is 46.3 Å². The Morgan fingerprint density at radius 1 is 1.05 bits per heavy atom. The van der Waals surface area contributed by atoms with Gasteiger partial charge in [0.2, 0.25) is 0 Å². The van der Waals surface area contributed by atoms with E-state index in [1.54, 1.807) is 30.3 Å². The van der Waals surface area contributed by atoms with E-state index in [1.165, 1.54) is 0 Å². The molecule has 2 aromatic rings. The largest absolute Gasteiger partial charge is 0.480 e. The topological polar surface area (TPSA) is 66.4 Å². The van der Waals surface area contributed by atoms with Gasteiger partial charge in [0.15, 0.2) is 0 Å². The second-order valence-corrected chi connectivity index (χ2v) is 5.48. The van der Waals surface area contributed by atoms with Crippen molar-refractivity contribution in [1.29, 1.82) is 0 Å². The average molecular weight is 348 g/mol. The summed E-state index contributed by atoms with van der Waals surface area (Å²) in [7, 11) is 0. The minimum absolute atomic E-state index is 0.237. The third-order valence-corrected chi connectivity index (χ3v) is 3.52. The minimum atomic E-state index is -1.05. The highest BCUT2D eigenvalue weighted by molar-refractivity contribution is 9.10. The first-order valence-electron chi connectivity index (χ1n) is 6.39. The van der Waals surface area contributed by atoms with E-state index in [4.69, 9.17) is 0 Å². The number of rotatable bonds is 5. The second kappa shape index (κ2) is 7.04. The van der Waals surface area contributed by atoms with Crippen molar-refractivity contribution in [3.05, 3.63) is 70.2 Å². The van der Waals surface area contributed by atoms with Crippen LogP contribution in [0.3, 0.4) is 0 Å². The van der Waals surface area contributed by atoms with Gasteiger partial charge in [-0.15, -0.1) is 0 Å². The highest BCUT2D eigenvalue weighted by Crippen LogP contribution is 2.12. The Morgan fingerprint density at radius 2 is 1.67 bits per heavy atom. The maximum absolute atomic E-state index is 12.0. The number of carbonyl (C=O) groups excluding carboxylic acids is 1. The molecule has 1 atom stereocenters. The van der Waals surface area contributed by atoms with E-state index in [9.17, 15) is 14.7 Å². The molecular weight excluding hydrogens is 334 g/mol. The lowest BCUT2D eigenvalue weighted by Crippen LogP contribution is -2.42. The van der Waals surface area contributed by atoms with Gasteiger partial charge in [-0.05, 0) is 29.8 Å². The fourth-order valence-corrected chi connectivity index (χ4v) is 2.15. The molecule has 2 rings (SSSR count). The number of halogens is 1. The summed E-state index contributed by atoms with van der Waals surface area (Å²) in [6.07, 6.45) is 0.237. The first kappa shape index (κ1) is 15.3. The molecular formula is C16H14BrNO3. The van der Waals surface area contributed by atoms with Crippen LogP contribution in [0.4, 0.5) is 0 Å². The quantitative estimate of drug-likeness (QED) is 0.873. The molecule has 0 radical (unpaired) electrons. The number of aliphatic carboxylic acids is 1. The number of benzene rings is 2. The number of hydrogen-bond donors (Lipinski definition) is 2. The zero-order valence-corrected chi connectivity index (χ0v) is 12.7. The number of carboxylic acid groups (broad SMARTS) is 1. The fraction of sp³-hybridized carbons (Fsp3) is 0.125. The SMILES string of the molecule is O=C(NC(Cc1ccc(Br)cc1)C(=O)O)c1ccccc1. The van der Waals surface area contributed by atoms with Crippen LogP contribution in [-0.2, 0) is 11.2 Å². The molecule has 0 heterocycles. The average Bonchev–Trinajstić information content (AvgIpc) is 2.49. The van der Waals surface area contributed by atoms with E-state index in [0.717, 1.165) is 10.0 Å². The Hall–Kier alpha value is -2.14. The molecule has 2 N–H and O–H groups in total. The summed E-state index contributed by atoms with van der Waals surface area (Å²) >= 11 is 3.33. The zero-order chi connectivity index (χ0) is 15.2. The minimum Gasteiger partial charge on any atom is -0.480 e. The molecule has 0 aliphatic carbocycles. The van der Waals surface area contributed by atoms with Gasteiger partial charge in [-0.2, -0.15) is 0 Å². The van der Waals surface area contributed by atoms with Gasteiger partial charge in [0, 0.05) is 16.5 Å². The van der Waals surface area contributed by atoms with Crippen LogP contribution in [0.5, 0.6) is 0 Å². The van der Waals surface area contributed by atoms with Gasteiger partial charge in [0.1, 0.15) is 6.04 Å². The van der Waals surface area contributed by atoms with Crippen molar-refractivity contribution in [3.63, 3.8) is 0 Å². The van der Waals surface area contributed by atoms with Crippen molar-refractivity contribution in [2.45, 2.75) is 12.5 Å². The molecule has 1 unspecified atom stereocenters. The molecule has 0 aliphatic rings. The van der Waals surface area contributed by atoms with Crippen LogP contribution in [0, 0.1) is 0 Å². The molecule has 0 bridgehead atoms. The van der Waals surface area contributed by atoms with Crippen molar-refractivity contribution < 1.29 is 14.7 Å². The van der Waals surface area contributed by atoms with E-state index < -0.39 is 12.0 Å². The lowest BCUT2D eigenvalue weighted by atomic mass is 10.1. The number of carboxylic acids is 1. The normalized spacial score (nSPS) is 11.7. The molecule has 5 heteroatoms. The van der Waals surface area contributed by atoms with E-state index in [-0.39, 0.29) is 12.3 Å². The van der Waals surface area contributed by atoms with Gasteiger partial charge in [0.25, 0.3) is 5.91 Å². The van der Waals surface area contributed by atoms with Crippen LogP contribution < -0.4 is 5.32 Å². The molecule has 0 saturated carbocycles. The van der Waals surface area contributed by atoms with Crippen molar-refractivity contribution in [1.82, 2.24) is 5.32 Å². The molecule has 0 spiro atoms. The Bertz CT molecular complexity index is 626. The van der Waals surface area contributed by atoms with Crippen LogP contribution in [0.15, 0.2) is 59.1 Å². The van der Waals surface area contributed by atoms with E-state index >= 15 is 0 Å². The van der Waals surface area contributed by atoms with Gasteiger partial charge >= 0.3 is 5.97 Å². The van der Waals surface area contributed by atoms with Gasteiger partial charge in [-0.25, -0.2) is 4.79 Å². The van der Waals surface area contributed by atoms with E-state index in [2.05, 4.69) is 21.2 Å². The summed E-state index contributed by atoms with van der Waals surface area (Å²) in [5.41, 5.74) is 1.29. The molecule has 1 amide bonds. The standard InChI is InChI=1S/C16H14BrNO3/c17-13-8-6-11(7-9-13)10-14(16(20)21)18-15(19)12-4-2-1-3-5-12/h1-9,14H,10H2,(H,18,19)(H,20,21). The Balaban J connectivity index is 2.07. The predicted octanol–water partition coefficient (Wildman–Crippen LogP) is 2.87. The summed E-state index contributed by atoms with van der Waals surface area (Å²) < 4.78 is 0.923. The molecule has 0 saturated heterocycles. The van der Waals surface area contributed by atoms with Crippen molar-refractivity contribution in [2.24, 2.45) is 0 Å². The smallest absolute Gasteiger partial charge is 0.326 e. The maximum atomic E-state index is 12.0. The molecule has 108 valence electrons. The Kier molecular flexibility index (Phi) is 5.11. The number of amides is 1. The van der Waals surface area contributed by atoms with Crippen molar-refractivity contribution >= 4 is 27.8 Å². The van der Waals surface area contributed by atoms with Crippen LogP contribution in [-0.4, -0.2) is 23.0 Å². The monoisotopic (exact) mass is 347 g/mol. The molecule has 0 aromatic heterocycles. The number of nitrogens with one attached hydrogen (secondary N) is 1. The summed E-state index contributed by atoms with van der Waals surface area (Å²) in [6, 6.07) is 14.9. The zero-order valence-electron chi connectivity index (χ0n) is 11.1. The third-order valence-electron chi connectivity index (χ3n) is 2.99. The molecule has 4 nitrogen and oxygen atoms in total. The third kappa shape index (κ3) is 4.43. The Labute approximate surface area is 130 Å². The van der Waals surface area contributed by atoms with Crippen molar-refractivity contribution in [2.75, 3.05) is 0 Å². The summed E-state index contributed by atoms with van der Waals surface area (Å²) in [5, 5.41) is 11.8. The first-order chi connectivity index (χ1) is 10.1. The lowest BCUT2D eigenvalue weighted by molar-refractivity contribution is -0.139. The predicted molar refractivity (Wildman–Crippen MR) is 83.2 cm³/mol. The highest BCUT2D eigenvalue weighted by Gasteiger charge is 2.20. The summed E-state index contributed by atoms with van der Waals surface area (Å²) in [4.78, 5) is 23.3. The summed E-state index contributed by atoms with van der Waals surface area (Å²) in [5.74, 6) is -1.44. The number of carbonyl (C=O) groups is 2. The van der Waals surface area contributed by atoms with E-state index in [0.29, 0.717) is 5.56 Å². The molecule has 0 fully saturated rings. The van der Waals surface area contributed by atoms with Crippen LogP contribution in [0.1, 0.15) is 15.9 Å². The van der Waals surface area contributed by atoms with Crippen LogP contribution in [0.2, 0.25) is 0 Å². The Morgan fingerprint density at radius 3 is 2.24 bits per heavy atom. The van der Waals surface area contributed by atoms with Crippen LogP contribution in [0.25, 0.3) is 0 Å². The number of hydrogen-bond acceptors (Lipinski definition) is 2. The second-order valence-electron chi connectivity index (χ2n) is 4.56. The van der Waals surface area contributed by atoms with Crippen molar-refractivity contribution in [3.8, 4) is 0 Å².